The van der Waals surface area contributed by atoms with Gasteiger partial charge in [0.2, 0.25) is 0 Å². The zero-order chi connectivity index (χ0) is 30.3. The van der Waals surface area contributed by atoms with Crippen LogP contribution in [0.1, 0.15) is 63.6 Å². The maximum Gasteiger partial charge on any atom is 0.253 e. The number of benzene rings is 3. The highest BCUT2D eigenvalue weighted by molar-refractivity contribution is 7.85. The lowest BCUT2D eigenvalue weighted by Gasteiger charge is -2.22. The number of phenolic OH excluding ortho intramolecular Hbond substituents is 1. The van der Waals surface area contributed by atoms with E-state index in [2.05, 4.69) is 30.7 Å². The van der Waals surface area contributed by atoms with Gasteiger partial charge in [-0.2, -0.15) is 0 Å². The zero-order valence-corrected chi connectivity index (χ0v) is 25.3. The van der Waals surface area contributed by atoms with Gasteiger partial charge in [0.15, 0.2) is 11.9 Å². The van der Waals surface area contributed by atoms with E-state index in [0.29, 0.717) is 18.7 Å². The van der Waals surface area contributed by atoms with Gasteiger partial charge in [-0.3, -0.25) is 4.79 Å². The molecule has 8 heteroatoms. The zero-order valence-electron chi connectivity index (χ0n) is 24.5. The van der Waals surface area contributed by atoms with Crippen LogP contribution in [0.15, 0.2) is 90.0 Å². The molecule has 41 heavy (non-hydrogen) atoms. The second-order valence-corrected chi connectivity index (χ2v) is 11.4. The van der Waals surface area contributed by atoms with Crippen LogP contribution in [0, 0.1) is 20.8 Å². The summed E-state index contributed by atoms with van der Waals surface area (Å²) in [5, 5.41) is 10.1. The minimum atomic E-state index is -4.27. The lowest BCUT2D eigenvalue weighted by Crippen LogP contribution is -2.32. The average molecular weight is 575 g/mol. The van der Waals surface area contributed by atoms with Gasteiger partial charge in [-0.1, -0.05) is 42.0 Å². The van der Waals surface area contributed by atoms with Crippen LogP contribution in [0.25, 0.3) is 0 Å². The Balaban J connectivity index is 0.000000352. The molecule has 1 aromatic heterocycles. The van der Waals surface area contributed by atoms with Crippen LogP contribution in [0.3, 0.4) is 0 Å². The molecule has 0 saturated carbocycles. The number of carbonyl (C=O) groups excluding carboxylic acids is 1. The predicted molar refractivity (Wildman–Crippen MR) is 159 cm³/mol. The number of pyridine rings is 1. The molecule has 1 heterocycles. The Morgan fingerprint density at radius 2 is 1.51 bits per heavy atom. The first-order valence-corrected chi connectivity index (χ1v) is 14.9. The van der Waals surface area contributed by atoms with Gasteiger partial charge in [0, 0.05) is 43.1 Å². The van der Waals surface area contributed by atoms with Crippen LogP contribution in [-0.2, 0) is 17.2 Å². The summed E-state index contributed by atoms with van der Waals surface area (Å²) in [5.74, 6) is 0.274. The van der Waals surface area contributed by atoms with E-state index in [9.17, 15) is 22.9 Å². The van der Waals surface area contributed by atoms with Gasteiger partial charge in [-0.15, -0.1) is 0 Å². The lowest BCUT2D eigenvalue weighted by atomic mass is 9.83. The Bertz CT molecular complexity index is 1590. The van der Waals surface area contributed by atoms with Crippen molar-refractivity contribution in [2.75, 3.05) is 13.1 Å². The molecule has 0 aliphatic carbocycles. The van der Waals surface area contributed by atoms with Gasteiger partial charge in [-0.05, 0) is 80.8 Å². The lowest BCUT2D eigenvalue weighted by molar-refractivity contribution is -0.678. The number of nitrogens with zero attached hydrogens (tertiary/aromatic N) is 2. The van der Waals surface area contributed by atoms with Gasteiger partial charge in [-0.25, -0.2) is 13.0 Å². The molecule has 0 bridgehead atoms. The smallest absolute Gasteiger partial charge is 0.253 e. The Labute approximate surface area is 243 Å². The molecule has 0 fully saturated rings. The Morgan fingerprint density at radius 3 is 2.05 bits per heavy atom. The van der Waals surface area contributed by atoms with Gasteiger partial charge in [0.1, 0.15) is 22.9 Å². The molecule has 1 N–H and O–H groups in total. The van der Waals surface area contributed by atoms with Crippen molar-refractivity contribution in [3.05, 3.63) is 124 Å². The van der Waals surface area contributed by atoms with E-state index in [1.54, 1.807) is 18.2 Å². The SMILES string of the molecule is CCN(CC)C(=O)c1ccc(C(c2cccc(O)c2)c2cc(C)[n+](C)cc2C)cc1.Cc1ccc(S(=O)(=O)[O-])cc1. The second-order valence-electron chi connectivity index (χ2n) is 10.1. The van der Waals surface area contributed by atoms with Gasteiger partial charge >= 0.3 is 0 Å². The third kappa shape index (κ3) is 8.02. The Morgan fingerprint density at radius 1 is 0.902 bits per heavy atom. The van der Waals surface area contributed by atoms with Crippen molar-refractivity contribution in [1.29, 1.82) is 0 Å². The molecule has 1 unspecified atom stereocenters. The summed E-state index contributed by atoms with van der Waals surface area (Å²) in [6.07, 6.45) is 2.14. The predicted octanol–water partition coefficient (Wildman–Crippen LogP) is 5.39. The normalized spacial score (nSPS) is 11.8. The molecule has 1 amide bonds. The number of aryl methyl sites for hydroxylation is 4. The molecule has 216 valence electrons. The third-order valence-corrected chi connectivity index (χ3v) is 7.98. The summed E-state index contributed by atoms with van der Waals surface area (Å²) < 4.78 is 33.3. The number of aromatic nitrogens is 1. The highest BCUT2D eigenvalue weighted by Gasteiger charge is 2.23. The molecule has 0 aliphatic heterocycles. The van der Waals surface area contributed by atoms with Crippen LogP contribution >= 0.6 is 0 Å². The summed E-state index contributed by atoms with van der Waals surface area (Å²) in [7, 11) is -2.22. The van der Waals surface area contributed by atoms with E-state index in [-0.39, 0.29) is 22.5 Å². The van der Waals surface area contributed by atoms with Gasteiger partial charge < -0.3 is 14.6 Å². The first kappa shape index (κ1) is 31.5. The van der Waals surface area contributed by atoms with Crippen molar-refractivity contribution in [1.82, 2.24) is 4.90 Å². The van der Waals surface area contributed by atoms with Crippen molar-refractivity contribution in [2.24, 2.45) is 7.05 Å². The summed E-state index contributed by atoms with van der Waals surface area (Å²) in [5.41, 5.74) is 7.27. The van der Waals surface area contributed by atoms with Crippen LogP contribution in [0.4, 0.5) is 0 Å². The fraction of sp³-hybridized carbons (Fsp3) is 0.273. The molecular weight excluding hydrogens is 536 g/mol. The second kappa shape index (κ2) is 13.6. The summed E-state index contributed by atoms with van der Waals surface area (Å²) in [6.45, 7) is 11.4. The Kier molecular flexibility index (Phi) is 10.4. The fourth-order valence-electron chi connectivity index (χ4n) is 4.69. The molecule has 0 spiro atoms. The highest BCUT2D eigenvalue weighted by Crippen LogP contribution is 2.35. The fourth-order valence-corrected chi connectivity index (χ4v) is 5.16. The van der Waals surface area contributed by atoms with Crippen molar-refractivity contribution in [3.63, 3.8) is 0 Å². The van der Waals surface area contributed by atoms with Crippen molar-refractivity contribution >= 4 is 16.0 Å². The third-order valence-electron chi connectivity index (χ3n) is 7.13. The monoisotopic (exact) mass is 574 g/mol. The number of aromatic hydroxyl groups is 1. The summed E-state index contributed by atoms with van der Waals surface area (Å²) >= 11 is 0. The highest BCUT2D eigenvalue weighted by atomic mass is 32.2. The minimum absolute atomic E-state index is 0.0328. The number of rotatable bonds is 7. The number of hydrogen-bond acceptors (Lipinski definition) is 5. The Hall–Kier alpha value is -4.01. The van der Waals surface area contributed by atoms with Crippen molar-refractivity contribution < 1.29 is 27.4 Å². The molecule has 0 radical (unpaired) electrons. The van der Waals surface area contributed by atoms with E-state index >= 15 is 0 Å². The maximum atomic E-state index is 12.7. The summed E-state index contributed by atoms with van der Waals surface area (Å²) in [6, 6.07) is 23.3. The van der Waals surface area contributed by atoms with E-state index in [1.807, 2.05) is 75.2 Å². The standard InChI is InChI=1S/C26H30N2O2.C7H8O3S/c1-6-28(7-2)26(30)21-13-11-20(12-14-21)25(22-9-8-10-23(29)16-22)24-15-19(4)27(5)17-18(24)3;1-6-2-4-7(5-3-6)11(8,9)10/h8-17,25H,6-7H2,1-5H3;2-5H,1H3,(H,8,9,10). The van der Waals surface area contributed by atoms with E-state index in [0.717, 1.165) is 22.4 Å². The van der Waals surface area contributed by atoms with Crippen molar-refractivity contribution in [2.45, 2.75) is 45.4 Å². The average Bonchev–Trinajstić information content (AvgIpc) is 2.93. The number of amides is 1. The van der Waals surface area contributed by atoms with Crippen LogP contribution in [0.2, 0.25) is 0 Å². The van der Waals surface area contributed by atoms with Crippen molar-refractivity contribution in [3.8, 4) is 5.75 Å². The number of hydrogen-bond donors (Lipinski definition) is 1. The molecule has 3 aromatic carbocycles. The molecule has 4 rings (SSSR count). The van der Waals surface area contributed by atoms with E-state index < -0.39 is 10.1 Å². The van der Waals surface area contributed by atoms with E-state index in [4.69, 9.17) is 0 Å². The molecule has 1 atom stereocenters. The quantitative estimate of drug-likeness (QED) is 0.235. The van der Waals surface area contributed by atoms with Crippen LogP contribution in [-0.4, -0.2) is 42.0 Å². The van der Waals surface area contributed by atoms with E-state index in [1.165, 1.54) is 23.3 Å². The molecule has 7 nitrogen and oxygen atoms in total. The van der Waals surface area contributed by atoms with Gasteiger partial charge in [0.25, 0.3) is 5.91 Å². The van der Waals surface area contributed by atoms with Crippen LogP contribution < -0.4 is 4.57 Å². The molecule has 4 aromatic rings. The minimum Gasteiger partial charge on any atom is -0.744 e. The topological polar surface area (TPSA) is 102 Å². The maximum absolute atomic E-state index is 12.7. The number of carbonyl (C=O) groups is 1. The molecule has 0 aliphatic rings. The first-order chi connectivity index (χ1) is 19.3. The van der Waals surface area contributed by atoms with Crippen LogP contribution in [0.5, 0.6) is 5.75 Å². The first-order valence-electron chi connectivity index (χ1n) is 13.5. The summed E-state index contributed by atoms with van der Waals surface area (Å²) in [4.78, 5) is 14.3. The molecule has 0 saturated heterocycles. The largest absolute Gasteiger partial charge is 0.744 e. The molecular formula is C33H38N2O5S. The number of phenols is 1. The van der Waals surface area contributed by atoms with Gasteiger partial charge in [0.05, 0.1) is 4.90 Å².